The van der Waals surface area contributed by atoms with E-state index in [1.54, 1.807) is 6.08 Å². The van der Waals surface area contributed by atoms with Gasteiger partial charge in [0.2, 0.25) is 0 Å². The molecule has 0 unspecified atom stereocenters. The van der Waals surface area contributed by atoms with Crippen LogP contribution in [-0.4, -0.2) is 13.1 Å². The van der Waals surface area contributed by atoms with E-state index >= 15 is 0 Å². The van der Waals surface area contributed by atoms with Crippen LogP contribution in [0.15, 0.2) is 23.3 Å². The summed E-state index contributed by atoms with van der Waals surface area (Å²) in [5.41, 5.74) is 2.37. The van der Waals surface area contributed by atoms with Gasteiger partial charge in [-0.15, -0.1) is 0 Å². The zero-order valence-electron chi connectivity index (χ0n) is 9.01. The Morgan fingerprint density at radius 2 is 2.21 bits per heavy atom. The molecule has 0 atom stereocenters. The molecule has 0 aliphatic heterocycles. The fourth-order valence-electron chi connectivity index (χ4n) is 1.70. The van der Waals surface area contributed by atoms with E-state index in [1.807, 2.05) is 6.92 Å². The lowest BCUT2D eigenvalue weighted by molar-refractivity contribution is -0.134. The molecule has 2 heteroatoms. The summed E-state index contributed by atoms with van der Waals surface area (Å²) < 4.78 is 4.60. The first-order valence-electron chi connectivity index (χ1n) is 5.19. The van der Waals surface area contributed by atoms with Crippen molar-refractivity contribution in [3.05, 3.63) is 23.3 Å². The minimum Gasteiger partial charge on any atom is -0.466 e. The summed E-state index contributed by atoms with van der Waals surface area (Å²) in [7, 11) is 1.41. The highest BCUT2D eigenvalue weighted by molar-refractivity contribution is 5.83. The predicted octanol–water partition coefficient (Wildman–Crippen LogP) is 3.00. The van der Waals surface area contributed by atoms with Gasteiger partial charge in [-0.25, -0.2) is 4.79 Å². The lowest BCUT2D eigenvalue weighted by atomic mass is 10.0. The van der Waals surface area contributed by atoms with E-state index < -0.39 is 0 Å². The molecule has 0 bridgehead atoms. The maximum absolute atomic E-state index is 11.0. The van der Waals surface area contributed by atoms with Crippen molar-refractivity contribution < 1.29 is 9.53 Å². The summed E-state index contributed by atoms with van der Waals surface area (Å²) in [4.78, 5) is 11.0. The minimum atomic E-state index is -0.257. The van der Waals surface area contributed by atoms with E-state index in [-0.39, 0.29) is 5.97 Å². The zero-order chi connectivity index (χ0) is 10.4. The Bertz CT molecular complexity index is 261. The number of hydrogen-bond acceptors (Lipinski definition) is 2. The number of hydrogen-bond donors (Lipinski definition) is 0. The Labute approximate surface area is 85.6 Å². The van der Waals surface area contributed by atoms with Crippen molar-refractivity contribution in [1.82, 2.24) is 0 Å². The van der Waals surface area contributed by atoms with Crippen LogP contribution in [0.3, 0.4) is 0 Å². The number of rotatable bonds is 2. The standard InChI is InChI=1S/C12H18O2/c1-10(9-12(13)14-2)11-7-5-3-4-6-8-11/h7,9H,3-6,8H2,1-2H3/b10-9+. The molecular formula is C12H18O2. The van der Waals surface area contributed by atoms with Crippen molar-refractivity contribution in [2.24, 2.45) is 0 Å². The number of carbonyl (C=O) groups is 1. The van der Waals surface area contributed by atoms with Gasteiger partial charge >= 0.3 is 5.97 Å². The molecule has 1 aliphatic carbocycles. The minimum absolute atomic E-state index is 0.257. The van der Waals surface area contributed by atoms with Crippen molar-refractivity contribution in [3.63, 3.8) is 0 Å². The molecule has 0 spiro atoms. The Kier molecular flexibility index (Phi) is 4.44. The van der Waals surface area contributed by atoms with Gasteiger partial charge in [0, 0.05) is 6.08 Å². The van der Waals surface area contributed by atoms with Crippen molar-refractivity contribution in [3.8, 4) is 0 Å². The summed E-state index contributed by atoms with van der Waals surface area (Å²) in [5.74, 6) is -0.257. The quantitative estimate of drug-likeness (QED) is 0.499. The highest BCUT2D eigenvalue weighted by Crippen LogP contribution is 2.22. The molecular weight excluding hydrogens is 176 g/mol. The molecule has 0 saturated carbocycles. The van der Waals surface area contributed by atoms with Crippen molar-refractivity contribution in [1.29, 1.82) is 0 Å². The third kappa shape index (κ3) is 3.36. The highest BCUT2D eigenvalue weighted by Gasteiger charge is 2.05. The van der Waals surface area contributed by atoms with Gasteiger partial charge in [0.25, 0.3) is 0 Å². The number of carbonyl (C=O) groups excluding carboxylic acids is 1. The fraction of sp³-hybridized carbons (Fsp3) is 0.583. The van der Waals surface area contributed by atoms with Gasteiger partial charge in [0.15, 0.2) is 0 Å². The van der Waals surface area contributed by atoms with Crippen LogP contribution in [0.1, 0.15) is 39.0 Å². The van der Waals surface area contributed by atoms with E-state index in [0.29, 0.717) is 0 Å². The second kappa shape index (κ2) is 5.63. The molecule has 0 radical (unpaired) electrons. The summed E-state index contributed by atoms with van der Waals surface area (Å²) in [5, 5.41) is 0. The lowest BCUT2D eigenvalue weighted by Gasteiger charge is -2.04. The van der Waals surface area contributed by atoms with Gasteiger partial charge in [-0.05, 0) is 43.8 Å². The summed E-state index contributed by atoms with van der Waals surface area (Å²) in [6.07, 6.45) is 9.87. The van der Waals surface area contributed by atoms with E-state index in [9.17, 15) is 4.79 Å². The van der Waals surface area contributed by atoms with E-state index in [0.717, 1.165) is 18.4 Å². The number of allylic oxidation sites excluding steroid dienone is 3. The number of methoxy groups -OCH3 is 1. The first kappa shape index (κ1) is 11.0. The topological polar surface area (TPSA) is 26.3 Å². The number of esters is 1. The van der Waals surface area contributed by atoms with Crippen LogP contribution in [0.5, 0.6) is 0 Å². The molecule has 0 aromatic heterocycles. The largest absolute Gasteiger partial charge is 0.466 e. The van der Waals surface area contributed by atoms with Crippen LogP contribution in [0.25, 0.3) is 0 Å². The Balaban J connectivity index is 2.66. The second-order valence-corrected chi connectivity index (χ2v) is 3.68. The summed E-state index contributed by atoms with van der Waals surface area (Å²) in [6, 6.07) is 0. The number of ether oxygens (including phenoxy) is 1. The SMILES string of the molecule is COC(=O)/C=C(\C)C1=CCCCCC1. The maximum atomic E-state index is 11.0. The molecule has 0 N–H and O–H groups in total. The molecule has 0 amide bonds. The first-order chi connectivity index (χ1) is 6.74. The summed E-state index contributed by atoms with van der Waals surface area (Å²) >= 11 is 0. The van der Waals surface area contributed by atoms with Gasteiger partial charge in [-0.3, -0.25) is 0 Å². The monoisotopic (exact) mass is 194 g/mol. The highest BCUT2D eigenvalue weighted by atomic mass is 16.5. The maximum Gasteiger partial charge on any atom is 0.330 e. The predicted molar refractivity (Wildman–Crippen MR) is 56.9 cm³/mol. The smallest absolute Gasteiger partial charge is 0.330 e. The molecule has 78 valence electrons. The van der Waals surface area contributed by atoms with Crippen LogP contribution in [-0.2, 0) is 9.53 Å². The molecule has 1 aliphatic rings. The van der Waals surface area contributed by atoms with Gasteiger partial charge in [-0.2, -0.15) is 0 Å². The second-order valence-electron chi connectivity index (χ2n) is 3.68. The molecule has 0 heterocycles. The molecule has 0 aromatic rings. The van der Waals surface area contributed by atoms with E-state index in [1.165, 1.54) is 31.9 Å². The average molecular weight is 194 g/mol. The Morgan fingerprint density at radius 3 is 2.93 bits per heavy atom. The van der Waals surface area contributed by atoms with Crippen LogP contribution < -0.4 is 0 Å². The third-order valence-corrected chi connectivity index (χ3v) is 2.58. The molecule has 2 nitrogen and oxygen atoms in total. The van der Waals surface area contributed by atoms with Crippen LogP contribution in [0.2, 0.25) is 0 Å². The van der Waals surface area contributed by atoms with Crippen molar-refractivity contribution in [2.45, 2.75) is 39.0 Å². The first-order valence-corrected chi connectivity index (χ1v) is 5.19. The van der Waals surface area contributed by atoms with E-state index in [4.69, 9.17) is 0 Å². The molecule has 0 fully saturated rings. The molecule has 1 rings (SSSR count). The van der Waals surface area contributed by atoms with Gasteiger partial charge in [0.05, 0.1) is 7.11 Å². The van der Waals surface area contributed by atoms with Crippen LogP contribution in [0, 0.1) is 0 Å². The Morgan fingerprint density at radius 1 is 1.43 bits per heavy atom. The van der Waals surface area contributed by atoms with Gasteiger partial charge < -0.3 is 4.74 Å². The van der Waals surface area contributed by atoms with Gasteiger partial charge in [0.1, 0.15) is 0 Å². The van der Waals surface area contributed by atoms with Crippen molar-refractivity contribution in [2.75, 3.05) is 7.11 Å². The molecule has 14 heavy (non-hydrogen) atoms. The normalized spacial score (nSPS) is 18.4. The molecule has 0 aromatic carbocycles. The Hall–Kier alpha value is -1.05. The van der Waals surface area contributed by atoms with Crippen LogP contribution in [0.4, 0.5) is 0 Å². The lowest BCUT2D eigenvalue weighted by Crippen LogP contribution is -1.97. The summed E-state index contributed by atoms with van der Waals surface area (Å²) in [6.45, 7) is 1.98. The zero-order valence-corrected chi connectivity index (χ0v) is 9.01. The third-order valence-electron chi connectivity index (χ3n) is 2.58. The molecule has 0 saturated heterocycles. The van der Waals surface area contributed by atoms with Gasteiger partial charge in [-0.1, -0.05) is 12.5 Å². The van der Waals surface area contributed by atoms with E-state index in [2.05, 4.69) is 10.8 Å². The fourth-order valence-corrected chi connectivity index (χ4v) is 1.70. The average Bonchev–Trinajstić information content (AvgIpc) is 2.45. The van der Waals surface area contributed by atoms with Crippen LogP contribution >= 0.6 is 0 Å². The van der Waals surface area contributed by atoms with Crippen molar-refractivity contribution >= 4 is 5.97 Å².